The van der Waals surface area contributed by atoms with Crippen LogP contribution in [0.3, 0.4) is 0 Å². The van der Waals surface area contributed by atoms with Crippen LogP contribution in [-0.4, -0.2) is 0 Å². The molecule has 0 aliphatic heterocycles. The summed E-state index contributed by atoms with van der Waals surface area (Å²) in [6, 6.07) is 0. The highest BCUT2D eigenvalue weighted by molar-refractivity contribution is 4.75. The highest BCUT2D eigenvalue weighted by Gasteiger charge is 2.23. The second-order valence-corrected chi connectivity index (χ2v) is 7.01. The first-order valence-corrected chi connectivity index (χ1v) is 8.28. The minimum absolute atomic E-state index is 1.02. The first kappa shape index (κ1) is 13.4. The van der Waals surface area contributed by atoms with Crippen molar-refractivity contribution in [3.8, 4) is 0 Å². The fourth-order valence-electron chi connectivity index (χ4n) is 4.22. The Morgan fingerprint density at radius 2 is 1.41 bits per heavy atom. The third-order valence-corrected chi connectivity index (χ3v) is 5.57. The molecule has 0 aromatic rings. The molecule has 0 spiro atoms. The van der Waals surface area contributed by atoms with E-state index in [1.165, 1.54) is 44.9 Å². The first-order valence-electron chi connectivity index (χ1n) is 8.28. The van der Waals surface area contributed by atoms with Crippen LogP contribution >= 0.6 is 0 Å². The van der Waals surface area contributed by atoms with Crippen LogP contribution in [0.1, 0.15) is 84.5 Å². The molecule has 0 amide bonds. The normalized spacial score (nSPS) is 39.2. The SMILES string of the molecule is CCC1CCC(CCC2CCCC(C)C2)CC1. The van der Waals surface area contributed by atoms with E-state index >= 15 is 0 Å². The van der Waals surface area contributed by atoms with Crippen LogP contribution in [-0.2, 0) is 0 Å². The van der Waals surface area contributed by atoms with E-state index in [2.05, 4.69) is 13.8 Å². The molecular formula is C17H32. The summed E-state index contributed by atoms with van der Waals surface area (Å²) in [5.74, 6) is 4.27. The van der Waals surface area contributed by atoms with Crippen LogP contribution in [0, 0.1) is 23.7 Å². The summed E-state index contributed by atoms with van der Waals surface area (Å²) < 4.78 is 0. The quantitative estimate of drug-likeness (QED) is 0.578. The lowest BCUT2D eigenvalue weighted by atomic mass is 9.75. The average Bonchev–Trinajstić information content (AvgIpc) is 2.37. The smallest absolute Gasteiger partial charge is 0.0412 e. The molecule has 2 unspecified atom stereocenters. The summed E-state index contributed by atoms with van der Waals surface area (Å²) in [5.41, 5.74) is 0. The summed E-state index contributed by atoms with van der Waals surface area (Å²) in [7, 11) is 0. The maximum atomic E-state index is 2.46. The summed E-state index contributed by atoms with van der Waals surface area (Å²) in [6.07, 6.45) is 16.7. The Kier molecular flexibility index (Phi) is 5.38. The fraction of sp³-hybridized carbons (Fsp3) is 1.00. The predicted octanol–water partition coefficient (Wildman–Crippen LogP) is 5.81. The summed E-state index contributed by atoms with van der Waals surface area (Å²) in [5, 5.41) is 0. The van der Waals surface area contributed by atoms with Gasteiger partial charge in [-0.05, 0) is 30.1 Å². The van der Waals surface area contributed by atoms with Gasteiger partial charge in [-0.1, -0.05) is 78.1 Å². The Hall–Kier alpha value is 0. The molecule has 2 fully saturated rings. The van der Waals surface area contributed by atoms with Crippen molar-refractivity contribution in [1.29, 1.82) is 0 Å². The van der Waals surface area contributed by atoms with Crippen molar-refractivity contribution in [3.63, 3.8) is 0 Å². The van der Waals surface area contributed by atoms with Crippen LogP contribution in [0.4, 0.5) is 0 Å². The molecule has 0 aromatic carbocycles. The maximum Gasteiger partial charge on any atom is -0.0412 e. The van der Waals surface area contributed by atoms with Crippen molar-refractivity contribution in [2.45, 2.75) is 84.5 Å². The zero-order valence-corrected chi connectivity index (χ0v) is 12.1. The van der Waals surface area contributed by atoms with Gasteiger partial charge in [-0.15, -0.1) is 0 Å². The van der Waals surface area contributed by atoms with Gasteiger partial charge < -0.3 is 0 Å². The van der Waals surface area contributed by atoms with Crippen molar-refractivity contribution in [3.05, 3.63) is 0 Å². The monoisotopic (exact) mass is 236 g/mol. The van der Waals surface area contributed by atoms with E-state index in [0.717, 1.165) is 23.7 Å². The van der Waals surface area contributed by atoms with E-state index in [0.29, 0.717) is 0 Å². The van der Waals surface area contributed by atoms with E-state index in [4.69, 9.17) is 0 Å². The molecule has 0 radical (unpaired) electrons. The van der Waals surface area contributed by atoms with Crippen molar-refractivity contribution in [2.24, 2.45) is 23.7 Å². The molecule has 0 heteroatoms. The number of hydrogen-bond acceptors (Lipinski definition) is 0. The van der Waals surface area contributed by atoms with E-state index in [-0.39, 0.29) is 0 Å². The molecule has 2 rings (SSSR count). The molecule has 0 aromatic heterocycles. The third-order valence-electron chi connectivity index (χ3n) is 5.57. The lowest BCUT2D eigenvalue weighted by Gasteiger charge is -2.31. The summed E-state index contributed by atoms with van der Waals surface area (Å²) in [4.78, 5) is 0. The maximum absolute atomic E-state index is 2.46. The molecule has 17 heavy (non-hydrogen) atoms. The van der Waals surface area contributed by atoms with Crippen molar-refractivity contribution >= 4 is 0 Å². The van der Waals surface area contributed by atoms with Crippen molar-refractivity contribution in [1.82, 2.24) is 0 Å². The lowest BCUT2D eigenvalue weighted by Crippen LogP contribution is -2.17. The van der Waals surface area contributed by atoms with Gasteiger partial charge in [0.05, 0.1) is 0 Å². The van der Waals surface area contributed by atoms with E-state index in [9.17, 15) is 0 Å². The molecule has 2 saturated carbocycles. The standard InChI is InChI=1S/C17H32/c1-3-15-7-9-16(10-8-15)11-12-17-6-4-5-14(2)13-17/h14-17H,3-13H2,1-2H3. The van der Waals surface area contributed by atoms with Crippen LogP contribution in [0.15, 0.2) is 0 Å². The van der Waals surface area contributed by atoms with Crippen molar-refractivity contribution in [2.75, 3.05) is 0 Å². The Balaban J connectivity index is 1.62. The molecule has 0 saturated heterocycles. The highest BCUT2D eigenvalue weighted by atomic mass is 14.3. The second kappa shape index (κ2) is 6.81. The fourth-order valence-corrected chi connectivity index (χ4v) is 4.22. The third kappa shape index (κ3) is 4.30. The van der Waals surface area contributed by atoms with Crippen LogP contribution in [0.2, 0.25) is 0 Å². The predicted molar refractivity (Wildman–Crippen MR) is 76.1 cm³/mol. The lowest BCUT2D eigenvalue weighted by molar-refractivity contribution is 0.216. The van der Waals surface area contributed by atoms with Crippen LogP contribution in [0.25, 0.3) is 0 Å². The average molecular weight is 236 g/mol. The van der Waals surface area contributed by atoms with Gasteiger partial charge in [0.25, 0.3) is 0 Å². The van der Waals surface area contributed by atoms with E-state index in [1.54, 1.807) is 25.7 Å². The largest absolute Gasteiger partial charge is 0.0651 e. The van der Waals surface area contributed by atoms with Crippen molar-refractivity contribution < 1.29 is 0 Å². The molecule has 100 valence electrons. The molecule has 0 bridgehead atoms. The van der Waals surface area contributed by atoms with Crippen LogP contribution in [0.5, 0.6) is 0 Å². The Morgan fingerprint density at radius 1 is 0.765 bits per heavy atom. The molecule has 2 aliphatic rings. The molecule has 0 nitrogen and oxygen atoms in total. The molecular weight excluding hydrogens is 204 g/mol. The topological polar surface area (TPSA) is 0 Å². The second-order valence-electron chi connectivity index (χ2n) is 7.01. The molecule has 2 aliphatic carbocycles. The Bertz CT molecular complexity index is 200. The van der Waals surface area contributed by atoms with Gasteiger partial charge in [-0.3, -0.25) is 0 Å². The minimum atomic E-state index is 1.02. The zero-order valence-electron chi connectivity index (χ0n) is 12.1. The number of rotatable bonds is 4. The molecule has 0 N–H and O–H groups in total. The first-order chi connectivity index (χ1) is 8.28. The molecule has 0 heterocycles. The van der Waals surface area contributed by atoms with Gasteiger partial charge in [-0.25, -0.2) is 0 Å². The van der Waals surface area contributed by atoms with Gasteiger partial charge in [0.15, 0.2) is 0 Å². The van der Waals surface area contributed by atoms with Gasteiger partial charge >= 0.3 is 0 Å². The summed E-state index contributed by atoms with van der Waals surface area (Å²) in [6.45, 7) is 4.83. The van der Waals surface area contributed by atoms with Gasteiger partial charge in [-0.2, -0.15) is 0 Å². The van der Waals surface area contributed by atoms with E-state index < -0.39 is 0 Å². The zero-order chi connectivity index (χ0) is 12.1. The van der Waals surface area contributed by atoms with Crippen LogP contribution < -0.4 is 0 Å². The molecule has 2 atom stereocenters. The highest BCUT2D eigenvalue weighted by Crippen LogP contribution is 2.37. The summed E-state index contributed by atoms with van der Waals surface area (Å²) >= 11 is 0. The van der Waals surface area contributed by atoms with Gasteiger partial charge in [0, 0.05) is 0 Å². The minimum Gasteiger partial charge on any atom is -0.0651 e. The Labute approximate surface area is 109 Å². The van der Waals surface area contributed by atoms with Gasteiger partial charge in [0.1, 0.15) is 0 Å². The Morgan fingerprint density at radius 3 is 2.06 bits per heavy atom. The van der Waals surface area contributed by atoms with Gasteiger partial charge in [0.2, 0.25) is 0 Å². The van der Waals surface area contributed by atoms with E-state index in [1.807, 2.05) is 0 Å². The number of hydrogen-bond donors (Lipinski definition) is 0.